The summed E-state index contributed by atoms with van der Waals surface area (Å²) in [5.41, 5.74) is 0.537. The minimum absolute atomic E-state index is 0.300. The number of nitrogens with zero attached hydrogens (tertiary/aromatic N) is 2. The molecule has 1 atom stereocenters. The zero-order chi connectivity index (χ0) is 14.6. The van der Waals surface area contributed by atoms with Crippen molar-refractivity contribution in [3.63, 3.8) is 0 Å². The first kappa shape index (κ1) is 14.6. The molecule has 0 aliphatic rings. The third kappa shape index (κ3) is 3.04. The molecule has 1 unspecified atom stereocenters. The summed E-state index contributed by atoms with van der Waals surface area (Å²) >= 11 is 0. The summed E-state index contributed by atoms with van der Waals surface area (Å²) in [6.07, 6.45) is 1.30. The molecule has 2 aromatic rings. The Morgan fingerprint density at radius 2 is 1.95 bits per heavy atom. The molecule has 2 N–H and O–H groups in total. The summed E-state index contributed by atoms with van der Waals surface area (Å²) in [5, 5.41) is 9.15. The highest BCUT2D eigenvalue weighted by atomic mass is 31.2. The molecule has 20 heavy (non-hydrogen) atoms. The zero-order valence-corrected chi connectivity index (χ0v) is 11.8. The lowest BCUT2D eigenvalue weighted by molar-refractivity contribution is 0.268. The summed E-state index contributed by atoms with van der Waals surface area (Å²) in [6.45, 7) is 0. The maximum Gasteiger partial charge on any atom is 0.356 e. The Hall–Kier alpha value is -1.76. The molecule has 0 spiro atoms. The van der Waals surface area contributed by atoms with Crippen LogP contribution in [0.5, 0.6) is 0 Å². The standard InChI is InChI=1S/C11H14FN4O3P/c1-18-20(17,19-2)10(15-11-13-7-14-16-11)8-3-5-9(12)6-4-8/h3-7,10H,1-2H3,(H2,13,14,15,16). The van der Waals surface area contributed by atoms with E-state index in [0.717, 1.165) is 0 Å². The SMILES string of the molecule is COP(=O)(OC)C(Nc1ncn[nH]1)c1ccc(F)cc1. The van der Waals surface area contributed by atoms with Gasteiger partial charge in [-0.2, -0.15) is 5.10 Å². The molecule has 0 aliphatic carbocycles. The van der Waals surface area contributed by atoms with E-state index in [1.807, 2.05) is 0 Å². The van der Waals surface area contributed by atoms with Gasteiger partial charge in [-0.25, -0.2) is 14.5 Å². The largest absolute Gasteiger partial charge is 0.356 e. The molecule has 1 aromatic carbocycles. The number of benzene rings is 1. The van der Waals surface area contributed by atoms with E-state index in [1.54, 1.807) is 0 Å². The average Bonchev–Trinajstić information content (AvgIpc) is 2.98. The van der Waals surface area contributed by atoms with Gasteiger partial charge in [0.1, 0.15) is 12.1 Å². The van der Waals surface area contributed by atoms with Crippen LogP contribution in [0.25, 0.3) is 0 Å². The van der Waals surface area contributed by atoms with Crippen LogP contribution in [0.4, 0.5) is 10.3 Å². The number of halogens is 1. The smallest absolute Gasteiger partial charge is 0.337 e. The van der Waals surface area contributed by atoms with Gasteiger partial charge in [0.05, 0.1) is 0 Å². The van der Waals surface area contributed by atoms with Crippen molar-refractivity contribution >= 4 is 13.5 Å². The number of aromatic nitrogens is 3. The minimum atomic E-state index is -3.49. The van der Waals surface area contributed by atoms with Crippen molar-refractivity contribution in [2.75, 3.05) is 19.5 Å². The molecule has 1 aromatic heterocycles. The lowest BCUT2D eigenvalue weighted by atomic mass is 10.2. The van der Waals surface area contributed by atoms with E-state index in [1.165, 1.54) is 44.8 Å². The second-order valence-corrected chi connectivity index (χ2v) is 6.16. The van der Waals surface area contributed by atoms with Crippen molar-refractivity contribution in [1.82, 2.24) is 15.2 Å². The van der Waals surface area contributed by atoms with E-state index in [-0.39, 0.29) is 0 Å². The fourth-order valence-electron chi connectivity index (χ4n) is 1.68. The Morgan fingerprint density at radius 1 is 1.30 bits per heavy atom. The summed E-state index contributed by atoms with van der Waals surface area (Å²) in [7, 11) is -0.929. The Labute approximate surface area is 115 Å². The lowest BCUT2D eigenvalue weighted by Crippen LogP contribution is -2.14. The number of hydrogen-bond acceptors (Lipinski definition) is 6. The molecule has 2 rings (SSSR count). The maximum atomic E-state index is 13.0. The predicted octanol–water partition coefficient (Wildman–Crippen LogP) is 2.54. The highest BCUT2D eigenvalue weighted by molar-refractivity contribution is 7.54. The van der Waals surface area contributed by atoms with Crippen LogP contribution in [0, 0.1) is 5.82 Å². The number of anilines is 1. The normalized spacial score (nSPS) is 13.2. The molecule has 9 heteroatoms. The second kappa shape index (κ2) is 6.13. The molecule has 108 valence electrons. The first-order valence-corrected chi connectivity index (χ1v) is 7.29. The predicted molar refractivity (Wildman–Crippen MR) is 70.8 cm³/mol. The first-order chi connectivity index (χ1) is 9.59. The zero-order valence-electron chi connectivity index (χ0n) is 10.9. The van der Waals surface area contributed by atoms with Crippen molar-refractivity contribution in [3.8, 4) is 0 Å². The highest BCUT2D eigenvalue weighted by Gasteiger charge is 2.36. The van der Waals surface area contributed by atoms with Gasteiger partial charge in [-0.05, 0) is 17.7 Å². The van der Waals surface area contributed by atoms with Gasteiger partial charge in [-0.3, -0.25) is 4.57 Å². The van der Waals surface area contributed by atoms with Crippen LogP contribution >= 0.6 is 7.60 Å². The highest BCUT2D eigenvalue weighted by Crippen LogP contribution is 2.59. The van der Waals surface area contributed by atoms with E-state index in [0.29, 0.717) is 11.5 Å². The quantitative estimate of drug-likeness (QED) is 0.797. The van der Waals surface area contributed by atoms with Crippen LogP contribution in [-0.2, 0) is 13.6 Å². The van der Waals surface area contributed by atoms with Crippen molar-refractivity contribution in [2.24, 2.45) is 0 Å². The maximum absolute atomic E-state index is 13.0. The topological polar surface area (TPSA) is 89.1 Å². The van der Waals surface area contributed by atoms with Gasteiger partial charge < -0.3 is 14.4 Å². The van der Waals surface area contributed by atoms with E-state index < -0.39 is 19.2 Å². The van der Waals surface area contributed by atoms with Gasteiger partial charge in [-0.1, -0.05) is 12.1 Å². The van der Waals surface area contributed by atoms with Gasteiger partial charge in [0.15, 0.2) is 5.78 Å². The summed E-state index contributed by atoms with van der Waals surface area (Å²) < 4.78 is 35.6. The van der Waals surface area contributed by atoms with E-state index in [4.69, 9.17) is 9.05 Å². The number of H-pyrrole nitrogens is 1. The third-order valence-corrected chi connectivity index (χ3v) is 4.78. The molecular formula is C11H14FN4O3P. The first-order valence-electron chi connectivity index (χ1n) is 5.67. The molecule has 7 nitrogen and oxygen atoms in total. The monoisotopic (exact) mass is 300 g/mol. The van der Waals surface area contributed by atoms with Crippen molar-refractivity contribution in [3.05, 3.63) is 42.0 Å². The van der Waals surface area contributed by atoms with Gasteiger partial charge in [0.25, 0.3) is 0 Å². The van der Waals surface area contributed by atoms with E-state index in [2.05, 4.69) is 20.5 Å². The number of nitrogens with one attached hydrogen (secondary N) is 2. The van der Waals surface area contributed by atoms with E-state index >= 15 is 0 Å². The van der Waals surface area contributed by atoms with Crippen molar-refractivity contribution in [2.45, 2.75) is 5.78 Å². The summed E-state index contributed by atoms with van der Waals surface area (Å²) in [6, 6.07) is 5.52. The Kier molecular flexibility index (Phi) is 4.49. The lowest BCUT2D eigenvalue weighted by Gasteiger charge is -2.25. The molecule has 0 bridgehead atoms. The molecule has 0 aliphatic heterocycles. The molecule has 0 saturated carbocycles. The van der Waals surface area contributed by atoms with Gasteiger partial charge in [-0.15, -0.1) is 0 Å². The minimum Gasteiger partial charge on any atom is -0.337 e. The number of aromatic amines is 1. The molecule has 0 radical (unpaired) electrons. The van der Waals surface area contributed by atoms with Crippen LogP contribution < -0.4 is 5.32 Å². The van der Waals surface area contributed by atoms with Crippen LogP contribution in [0.15, 0.2) is 30.6 Å². The molecule has 1 heterocycles. The third-order valence-electron chi connectivity index (χ3n) is 2.70. The van der Waals surface area contributed by atoms with Gasteiger partial charge in [0.2, 0.25) is 5.95 Å². The van der Waals surface area contributed by atoms with Crippen LogP contribution in [0.2, 0.25) is 0 Å². The molecule has 0 saturated heterocycles. The number of hydrogen-bond donors (Lipinski definition) is 2. The fraction of sp³-hybridized carbons (Fsp3) is 0.273. The molecule has 0 amide bonds. The van der Waals surface area contributed by atoms with Crippen molar-refractivity contribution in [1.29, 1.82) is 0 Å². The Morgan fingerprint density at radius 3 is 2.45 bits per heavy atom. The summed E-state index contributed by atoms with van der Waals surface area (Å²) in [4.78, 5) is 3.90. The molecule has 0 fully saturated rings. The fourth-order valence-corrected chi connectivity index (χ4v) is 3.07. The van der Waals surface area contributed by atoms with E-state index in [9.17, 15) is 8.96 Å². The van der Waals surface area contributed by atoms with Crippen LogP contribution in [0.1, 0.15) is 11.3 Å². The average molecular weight is 300 g/mol. The van der Waals surface area contributed by atoms with Crippen LogP contribution in [0.3, 0.4) is 0 Å². The molecular weight excluding hydrogens is 286 g/mol. The summed E-state index contributed by atoms with van der Waals surface area (Å²) in [5.74, 6) is -0.934. The Balaban J connectivity index is 2.38. The second-order valence-electron chi connectivity index (χ2n) is 3.84. The van der Waals surface area contributed by atoms with Gasteiger partial charge >= 0.3 is 7.60 Å². The van der Waals surface area contributed by atoms with Crippen LogP contribution in [-0.4, -0.2) is 29.4 Å². The number of rotatable bonds is 6. The Bertz CT molecular complexity index is 582. The van der Waals surface area contributed by atoms with Gasteiger partial charge in [0, 0.05) is 14.2 Å². The van der Waals surface area contributed by atoms with Crippen molar-refractivity contribution < 1.29 is 18.0 Å².